The van der Waals surface area contributed by atoms with E-state index in [0.717, 1.165) is 25.9 Å². The van der Waals surface area contributed by atoms with Crippen molar-refractivity contribution in [2.75, 3.05) is 45.2 Å². The molecule has 1 atom stereocenters. The lowest BCUT2D eigenvalue weighted by molar-refractivity contribution is 0.0306. The third kappa shape index (κ3) is 5.26. The summed E-state index contributed by atoms with van der Waals surface area (Å²) in [5.74, 6) is 0. The maximum absolute atomic E-state index is 10.3. The molecule has 0 amide bonds. The number of nitrogens with zero attached hydrogens (tertiary/aromatic N) is 3. The summed E-state index contributed by atoms with van der Waals surface area (Å²) in [6.07, 6.45) is 5.91. The van der Waals surface area contributed by atoms with E-state index >= 15 is 0 Å². The van der Waals surface area contributed by atoms with Crippen molar-refractivity contribution in [3.8, 4) is 0 Å². The average Bonchev–Trinajstić information content (AvgIpc) is 2.45. The largest absolute Gasteiger partial charge is 0.388 e. The normalized spacial score (nSPS) is 19.8. The Morgan fingerprint density at radius 1 is 1.33 bits per heavy atom. The Balaban J connectivity index is 1.74. The zero-order chi connectivity index (χ0) is 15.3. The zero-order valence-corrected chi connectivity index (χ0v) is 13.4. The van der Waals surface area contributed by atoms with Gasteiger partial charge in [-0.25, -0.2) is 0 Å². The van der Waals surface area contributed by atoms with Crippen LogP contribution in [0.25, 0.3) is 0 Å². The molecule has 118 valence electrons. The lowest BCUT2D eigenvalue weighted by Crippen LogP contribution is -2.50. The Labute approximate surface area is 128 Å². The highest BCUT2D eigenvalue weighted by atomic mass is 16.3. The average molecular weight is 292 g/mol. The van der Waals surface area contributed by atoms with Gasteiger partial charge in [0.25, 0.3) is 0 Å². The third-order valence-electron chi connectivity index (χ3n) is 3.95. The van der Waals surface area contributed by atoms with Crippen LogP contribution < -0.4 is 10.2 Å². The zero-order valence-electron chi connectivity index (χ0n) is 13.4. The monoisotopic (exact) mass is 292 g/mol. The lowest BCUT2D eigenvalue weighted by Gasteiger charge is -2.36. The van der Waals surface area contributed by atoms with Gasteiger partial charge in [0, 0.05) is 50.3 Å². The fraction of sp³-hybridized carbons (Fsp3) is 0.688. The summed E-state index contributed by atoms with van der Waals surface area (Å²) in [6.45, 7) is 5.32. The van der Waals surface area contributed by atoms with Gasteiger partial charge in [0.05, 0.1) is 5.60 Å². The Morgan fingerprint density at radius 3 is 2.52 bits per heavy atom. The molecule has 0 saturated carbocycles. The first-order valence-electron chi connectivity index (χ1n) is 7.72. The molecular weight excluding hydrogens is 264 g/mol. The lowest BCUT2D eigenvalue weighted by atomic mass is 10.0. The number of likely N-dealkylation sites (N-methyl/N-ethyl adjacent to an activating group) is 1. The van der Waals surface area contributed by atoms with Crippen molar-refractivity contribution in [2.45, 2.75) is 31.4 Å². The van der Waals surface area contributed by atoms with Crippen molar-refractivity contribution in [1.29, 1.82) is 0 Å². The predicted octanol–water partition coefficient (Wildman–Crippen LogP) is 0.953. The summed E-state index contributed by atoms with van der Waals surface area (Å²) >= 11 is 0. The van der Waals surface area contributed by atoms with Gasteiger partial charge < -0.3 is 20.2 Å². The highest BCUT2D eigenvalue weighted by molar-refractivity contribution is 5.44. The second-order valence-corrected chi connectivity index (χ2v) is 6.58. The molecule has 1 fully saturated rings. The number of aliphatic hydroxyl groups is 1. The molecule has 1 aliphatic rings. The van der Waals surface area contributed by atoms with Gasteiger partial charge >= 0.3 is 0 Å². The van der Waals surface area contributed by atoms with E-state index in [0.29, 0.717) is 19.1 Å². The standard InChI is InChI=1S/C16H28N4O/c1-16(21,13-19(2)3)12-18-14-6-10-20(11-7-14)15-4-8-17-9-5-15/h4-5,8-9,14,18,21H,6-7,10-13H2,1-3H3. The summed E-state index contributed by atoms with van der Waals surface area (Å²) < 4.78 is 0. The summed E-state index contributed by atoms with van der Waals surface area (Å²) in [5, 5.41) is 13.8. The Hall–Kier alpha value is -1.17. The molecule has 2 rings (SSSR count). The summed E-state index contributed by atoms with van der Waals surface area (Å²) in [5.41, 5.74) is 0.578. The second kappa shape index (κ2) is 7.20. The smallest absolute Gasteiger partial charge is 0.0869 e. The Kier molecular flexibility index (Phi) is 5.56. The SMILES string of the molecule is CN(C)CC(C)(O)CNC1CCN(c2ccncc2)CC1. The third-order valence-corrected chi connectivity index (χ3v) is 3.95. The van der Waals surface area contributed by atoms with Gasteiger partial charge in [-0.2, -0.15) is 0 Å². The van der Waals surface area contributed by atoms with Crippen LogP contribution in [-0.4, -0.2) is 66.9 Å². The summed E-state index contributed by atoms with van der Waals surface area (Å²) in [7, 11) is 3.98. The molecule has 0 radical (unpaired) electrons. The molecule has 2 N–H and O–H groups in total. The van der Waals surface area contributed by atoms with Crippen LogP contribution in [0.15, 0.2) is 24.5 Å². The quantitative estimate of drug-likeness (QED) is 0.818. The number of pyridine rings is 1. The topological polar surface area (TPSA) is 51.6 Å². The molecule has 5 nitrogen and oxygen atoms in total. The second-order valence-electron chi connectivity index (χ2n) is 6.58. The predicted molar refractivity (Wildman–Crippen MR) is 86.7 cm³/mol. The van der Waals surface area contributed by atoms with Gasteiger partial charge in [0.15, 0.2) is 0 Å². The summed E-state index contributed by atoms with van der Waals surface area (Å²) in [4.78, 5) is 8.49. The van der Waals surface area contributed by atoms with E-state index < -0.39 is 5.60 Å². The number of anilines is 1. The molecule has 21 heavy (non-hydrogen) atoms. The van der Waals surface area contributed by atoms with Gasteiger partial charge in [0.2, 0.25) is 0 Å². The maximum atomic E-state index is 10.3. The molecule has 2 heterocycles. The molecule has 1 aliphatic heterocycles. The Bertz CT molecular complexity index is 414. The van der Waals surface area contributed by atoms with Crippen molar-refractivity contribution in [3.05, 3.63) is 24.5 Å². The molecule has 1 saturated heterocycles. The first-order valence-corrected chi connectivity index (χ1v) is 7.72. The van der Waals surface area contributed by atoms with Crippen LogP contribution in [0, 0.1) is 0 Å². The molecule has 0 spiro atoms. The van der Waals surface area contributed by atoms with E-state index in [1.807, 2.05) is 38.3 Å². The highest BCUT2D eigenvalue weighted by Crippen LogP contribution is 2.19. The van der Waals surface area contributed by atoms with Gasteiger partial charge in [-0.05, 0) is 46.0 Å². The number of hydrogen-bond acceptors (Lipinski definition) is 5. The fourth-order valence-electron chi connectivity index (χ4n) is 3.00. The van der Waals surface area contributed by atoms with E-state index in [-0.39, 0.29) is 0 Å². The molecule has 0 aliphatic carbocycles. The number of rotatable bonds is 6. The van der Waals surface area contributed by atoms with Gasteiger partial charge in [0.1, 0.15) is 0 Å². The van der Waals surface area contributed by atoms with Crippen LogP contribution in [0.3, 0.4) is 0 Å². The van der Waals surface area contributed by atoms with Gasteiger partial charge in [-0.15, -0.1) is 0 Å². The van der Waals surface area contributed by atoms with E-state index in [1.165, 1.54) is 5.69 Å². The van der Waals surface area contributed by atoms with E-state index in [4.69, 9.17) is 0 Å². The first-order chi connectivity index (χ1) is 9.96. The molecule has 1 unspecified atom stereocenters. The molecule has 0 aromatic carbocycles. The number of nitrogens with one attached hydrogen (secondary N) is 1. The van der Waals surface area contributed by atoms with E-state index in [2.05, 4.69) is 27.3 Å². The van der Waals surface area contributed by atoms with Gasteiger partial charge in [-0.1, -0.05) is 0 Å². The maximum Gasteiger partial charge on any atom is 0.0869 e. The fourth-order valence-corrected chi connectivity index (χ4v) is 3.00. The first kappa shape index (κ1) is 16.2. The number of hydrogen-bond donors (Lipinski definition) is 2. The van der Waals surface area contributed by atoms with Crippen LogP contribution in [0.2, 0.25) is 0 Å². The number of piperidine rings is 1. The van der Waals surface area contributed by atoms with Crippen LogP contribution in [-0.2, 0) is 0 Å². The molecule has 0 bridgehead atoms. The minimum absolute atomic E-state index is 0.497. The summed E-state index contributed by atoms with van der Waals surface area (Å²) in [6, 6.07) is 4.63. The van der Waals surface area contributed by atoms with Crippen LogP contribution in [0.1, 0.15) is 19.8 Å². The molecule has 5 heteroatoms. The van der Waals surface area contributed by atoms with Gasteiger partial charge in [-0.3, -0.25) is 4.98 Å². The Morgan fingerprint density at radius 2 is 1.95 bits per heavy atom. The highest BCUT2D eigenvalue weighted by Gasteiger charge is 2.25. The van der Waals surface area contributed by atoms with Crippen LogP contribution in [0.5, 0.6) is 0 Å². The van der Waals surface area contributed by atoms with Crippen molar-refractivity contribution < 1.29 is 5.11 Å². The van der Waals surface area contributed by atoms with Crippen molar-refractivity contribution in [1.82, 2.24) is 15.2 Å². The van der Waals surface area contributed by atoms with E-state index in [9.17, 15) is 5.11 Å². The minimum atomic E-state index is -0.675. The molecular formula is C16H28N4O. The minimum Gasteiger partial charge on any atom is -0.388 e. The van der Waals surface area contributed by atoms with Crippen molar-refractivity contribution in [2.24, 2.45) is 0 Å². The molecule has 1 aromatic heterocycles. The molecule has 1 aromatic rings. The van der Waals surface area contributed by atoms with Crippen LogP contribution >= 0.6 is 0 Å². The van der Waals surface area contributed by atoms with Crippen LogP contribution in [0.4, 0.5) is 5.69 Å². The van der Waals surface area contributed by atoms with E-state index in [1.54, 1.807) is 0 Å². The number of aromatic nitrogens is 1. The van der Waals surface area contributed by atoms with Crippen molar-refractivity contribution >= 4 is 5.69 Å². The van der Waals surface area contributed by atoms with Crippen molar-refractivity contribution in [3.63, 3.8) is 0 Å².